The monoisotopic (exact) mass is 1850 g/mol. The number of rotatable bonds is 24. The van der Waals surface area contributed by atoms with Crippen LogP contribution in [-0.2, 0) is 63.1 Å². The number of amides is 3. The van der Waals surface area contributed by atoms with E-state index in [2.05, 4.69) is 52.8 Å². The molecule has 0 spiro atoms. The molecule has 132 heavy (non-hydrogen) atoms. The summed E-state index contributed by atoms with van der Waals surface area (Å²) in [6.45, 7) is 24.5. The summed E-state index contributed by atoms with van der Waals surface area (Å²) in [5.74, 6) is 1.28. The third-order valence-corrected chi connectivity index (χ3v) is 35.2. The van der Waals surface area contributed by atoms with Crippen molar-refractivity contribution in [2.24, 2.45) is 81.8 Å². The highest BCUT2D eigenvalue weighted by Gasteiger charge is 2.65. The lowest BCUT2D eigenvalue weighted by atomic mass is 9.81. The molecule has 12 aliphatic rings. The van der Waals surface area contributed by atoms with Gasteiger partial charge in [0.05, 0.1) is 102 Å². The van der Waals surface area contributed by atoms with E-state index in [1.165, 1.54) is 12.8 Å². The molecule has 8 saturated carbocycles. The van der Waals surface area contributed by atoms with Gasteiger partial charge in [0.15, 0.2) is 11.6 Å². The molecule has 27 nitrogen and oxygen atoms in total. The fourth-order valence-electron chi connectivity index (χ4n) is 21.8. The minimum atomic E-state index is -3.98. The zero-order valence-electron chi connectivity index (χ0n) is 78.3. The van der Waals surface area contributed by atoms with E-state index in [-0.39, 0.29) is 135 Å². The third kappa shape index (κ3) is 20.5. The number of hydrogen-bond acceptors (Lipinski definition) is 24. The molecule has 4 aromatic heterocycles. The molecule has 0 bridgehead atoms. The number of hydrogen-bond donors (Lipinski definition) is 2. The van der Waals surface area contributed by atoms with Crippen molar-refractivity contribution in [1.82, 2.24) is 39.2 Å². The SMILES string of the molecule is C=C1[C@@H](CC(=O)OC2C[C@@H]3C[C@@H]3C2)[C@H](C)C[C@@H](C)CC/C=C\[C@@H]2C[C@@]2(C(=O)NS(=O)(=O)C2(C)CC2)CC(=O)[C@@H]2CC(Oc3nc(-c4ccc(OC(C)C)nc4)cc4cc(OC)ccc34)CN12.COc1ccc2c(OC3C[C@H]4C(=O)C[C@]5(C(=O)NS(=O)(=O)C6(C)CC6)C[C@H]5/C=C\CC[C@@H](C)C[C@@H](C)[C@H](CC(=O)OC5C[C@@H]6C[C@@H]6C5)C(=O)N4C3)nc(-c3ccc(OC(C)C)nc3)cc2c1. The molecule has 4 aliphatic heterocycles. The highest BCUT2D eigenvalue weighted by molar-refractivity contribution is 7.92. The Kier molecular flexibility index (Phi) is 26.5. The molecule has 3 amide bonds. The Morgan fingerprint density at radius 3 is 1.33 bits per heavy atom. The van der Waals surface area contributed by atoms with Crippen molar-refractivity contribution in [3.8, 4) is 57.5 Å². The fraction of sp³-hybridized carbons (Fsp3) is 0.602. The van der Waals surface area contributed by atoms with Gasteiger partial charge in [0, 0.05) is 83.7 Å². The van der Waals surface area contributed by atoms with Gasteiger partial charge in [-0.05, 0) is 288 Å². The molecule has 8 aliphatic carbocycles. The standard InChI is InChI=1S/C52H66N4O9S.C51H64N4O10S/c1-30(2)63-47-15-12-34(28-53-47)44-23-37-22-39(62-7)13-14-42(37)49(54-44)65-41-24-45-46(57)27-52(50(59)55-66(60,61)51(6)16-17-51)26-38(52)11-9-8-10-31(3)18-32(4)43(33(5)56(45)29-41)25-48(58)64-40-20-35-19-36(35)21-40;1-29(2)63-45-14-11-32(27-52-45)42-22-35-21-37(62-6)12-13-40(35)47(53-42)65-39-23-43-44(56)26-51(49(59)54-66(60,61)50(5)15-16-50)25-36(51)10-8-7-9-30(3)17-31(4)41(48(58)55(43)28-39)24-46(57)64-38-19-33-18-34(33)20-38/h9,11-15,22-23,28,30-32,35-36,38,40-41,43,45H,5,8,10,16-21,24-27,29H2,1-4,6-7H3,(H,55,59);8,10-14,21-22,27,29-31,33-34,36,38-39,41,43H,7,9,15-20,23-26,28H2,1-6H3,(H,54,59)/b11-9-;10-8-/t31-,32+,35-,36+,38+,40?,41?,43-,45-,52+;30-,31-,33-,34+,36-,38?,39?,41+,43+,51-/m01/s1. The molecule has 2 aromatic carbocycles. The minimum Gasteiger partial charge on any atom is -0.497 e. The van der Waals surface area contributed by atoms with E-state index in [4.69, 9.17) is 47.9 Å². The number of nitrogens with one attached hydrogen (secondary N) is 2. The topological polar surface area (TPSA) is 344 Å². The number of ketones is 2. The number of nitrogens with zero attached hydrogens (tertiary/aromatic N) is 6. The summed E-state index contributed by atoms with van der Waals surface area (Å²) in [6, 6.07) is 20.7. The number of carbonyl (C=O) groups is 7. The summed E-state index contributed by atoms with van der Waals surface area (Å²) in [6.07, 6.45) is 23.2. The van der Waals surface area contributed by atoms with Gasteiger partial charge in [-0.25, -0.2) is 36.8 Å². The number of benzene rings is 2. The number of Topliss-reactive ketones (excluding diaryl/α,β-unsaturated/α-hetero) is 2. The lowest BCUT2D eigenvalue weighted by Crippen LogP contribution is -2.48. The number of sulfonamides is 2. The number of aromatic nitrogens is 4. The van der Waals surface area contributed by atoms with Gasteiger partial charge in [-0.3, -0.25) is 43.0 Å². The first kappa shape index (κ1) is 93.8. The van der Waals surface area contributed by atoms with Gasteiger partial charge in [-0.1, -0.05) is 58.6 Å². The van der Waals surface area contributed by atoms with Crippen LogP contribution in [0.25, 0.3) is 44.1 Å². The predicted molar refractivity (Wildman–Crippen MR) is 498 cm³/mol. The van der Waals surface area contributed by atoms with Crippen LogP contribution in [0.2, 0.25) is 0 Å². The second-order valence-electron chi connectivity index (χ2n) is 42.0. The van der Waals surface area contributed by atoms with Gasteiger partial charge in [0.2, 0.25) is 61.3 Å². The maximum absolute atomic E-state index is 15.3. The Morgan fingerprint density at radius 1 is 0.515 bits per heavy atom. The highest BCUT2D eigenvalue weighted by Crippen LogP contribution is 2.61. The second kappa shape index (κ2) is 37.3. The van der Waals surface area contributed by atoms with E-state index in [9.17, 15) is 36.0 Å². The first-order chi connectivity index (χ1) is 62.9. The van der Waals surface area contributed by atoms with E-state index in [1.807, 2.05) is 124 Å². The van der Waals surface area contributed by atoms with Gasteiger partial charge in [0.25, 0.3) is 0 Å². The van der Waals surface area contributed by atoms with E-state index in [0.29, 0.717) is 138 Å². The number of pyridine rings is 4. The number of carbonyl (C=O) groups excluding carboxylic acids is 7. The van der Waals surface area contributed by atoms with E-state index >= 15 is 14.4 Å². The highest BCUT2D eigenvalue weighted by atomic mass is 32.2. The Hall–Kier alpha value is -10.0. The number of ether oxygens (including phenoxy) is 8. The van der Waals surface area contributed by atoms with Crippen LogP contribution in [-0.4, -0.2) is 173 Å². The lowest BCUT2D eigenvalue weighted by Gasteiger charge is -2.36. The Morgan fingerprint density at radius 2 is 0.924 bits per heavy atom. The molecule has 2 N–H and O–H groups in total. The van der Waals surface area contributed by atoms with Crippen LogP contribution in [0.3, 0.4) is 0 Å². The molecule has 708 valence electrons. The number of esters is 2. The molecule has 20 atom stereocenters. The normalized spacial score (nSPS) is 32.0. The number of methoxy groups -OCH3 is 2. The van der Waals surface area contributed by atoms with E-state index in [0.717, 1.165) is 79.5 Å². The maximum Gasteiger partial charge on any atom is 0.306 e. The molecule has 8 heterocycles. The average Bonchev–Trinajstić information content (AvgIpc) is 1.56. The number of fused-ring (bicyclic) bond motifs is 8. The van der Waals surface area contributed by atoms with Crippen molar-refractivity contribution in [2.75, 3.05) is 27.3 Å². The fourth-order valence-corrected chi connectivity index (χ4v) is 24.5. The van der Waals surface area contributed by atoms with Crippen molar-refractivity contribution in [3.05, 3.63) is 122 Å². The van der Waals surface area contributed by atoms with Crippen LogP contribution in [0.15, 0.2) is 122 Å². The van der Waals surface area contributed by atoms with Crippen LogP contribution in [0.4, 0.5) is 0 Å². The summed E-state index contributed by atoms with van der Waals surface area (Å²) in [7, 11) is -4.71. The van der Waals surface area contributed by atoms with Gasteiger partial charge in [-0.15, -0.1) is 0 Å². The first-order valence-electron chi connectivity index (χ1n) is 48.1. The van der Waals surface area contributed by atoms with Crippen molar-refractivity contribution in [2.45, 2.75) is 282 Å². The predicted octanol–water partition coefficient (Wildman–Crippen LogP) is 16.5. The third-order valence-electron chi connectivity index (χ3n) is 30.9. The summed E-state index contributed by atoms with van der Waals surface area (Å²) in [4.78, 5) is 124. The maximum atomic E-state index is 15.3. The Bertz CT molecular complexity index is 5370. The van der Waals surface area contributed by atoms with Gasteiger partial charge in [0.1, 0.15) is 35.9 Å². The van der Waals surface area contributed by atoms with Crippen LogP contribution in [0, 0.1) is 81.8 Å². The molecule has 2 saturated heterocycles. The summed E-state index contributed by atoms with van der Waals surface area (Å²) < 4.78 is 105. The van der Waals surface area contributed by atoms with Gasteiger partial charge in [-0.2, -0.15) is 0 Å². The van der Waals surface area contributed by atoms with Crippen LogP contribution < -0.4 is 37.9 Å². The first-order valence-corrected chi connectivity index (χ1v) is 51.1. The van der Waals surface area contributed by atoms with Gasteiger partial charge < -0.3 is 47.7 Å². The van der Waals surface area contributed by atoms with Crippen LogP contribution in [0.1, 0.15) is 223 Å². The molecule has 18 rings (SSSR count). The number of allylic oxidation sites excluding steroid dienone is 5. The molecular formula is C103H130N8O19S2. The van der Waals surface area contributed by atoms with Gasteiger partial charge >= 0.3 is 11.9 Å². The second-order valence-corrected chi connectivity index (χ2v) is 46.3. The summed E-state index contributed by atoms with van der Waals surface area (Å²) in [5.41, 5.74) is 0.832. The van der Waals surface area contributed by atoms with Crippen molar-refractivity contribution < 1.29 is 88.3 Å². The van der Waals surface area contributed by atoms with Crippen molar-refractivity contribution >= 4 is 82.8 Å². The quantitative estimate of drug-likeness (QED) is 0.0420. The Labute approximate surface area is 775 Å². The smallest absolute Gasteiger partial charge is 0.306 e. The summed E-state index contributed by atoms with van der Waals surface area (Å²) >= 11 is 0. The molecule has 4 unspecified atom stereocenters. The van der Waals surface area contributed by atoms with E-state index < -0.39 is 88.4 Å². The zero-order valence-corrected chi connectivity index (χ0v) is 79.9. The lowest BCUT2D eigenvalue weighted by molar-refractivity contribution is -0.155. The molecule has 0 radical (unpaired) electrons. The Balaban J connectivity index is 0.000000184. The molecular weight excluding hydrogens is 1720 g/mol. The molecule has 29 heteroatoms. The minimum absolute atomic E-state index is 0.0245. The van der Waals surface area contributed by atoms with Crippen molar-refractivity contribution in [1.29, 1.82) is 0 Å². The molecule has 10 fully saturated rings. The summed E-state index contributed by atoms with van der Waals surface area (Å²) in [5, 5.41) is 3.07. The molecule has 6 aromatic rings. The van der Waals surface area contributed by atoms with Crippen LogP contribution >= 0.6 is 0 Å². The van der Waals surface area contributed by atoms with E-state index in [1.54, 1.807) is 51.4 Å². The average molecular weight is 1850 g/mol. The zero-order chi connectivity index (χ0) is 93.4. The van der Waals surface area contributed by atoms with Crippen LogP contribution in [0.5, 0.6) is 35.0 Å². The largest absolute Gasteiger partial charge is 0.497 e. The van der Waals surface area contributed by atoms with Crippen molar-refractivity contribution in [3.63, 3.8) is 0 Å².